The van der Waals surface area contributed by atoms with E-state index in [1.54, 1.807) is 37.1 Å². The first-order chi connectivity index (χ1) is 19.6. The van der Waals surface area contributed by atoms with Crippen molar-refractivity contribution in [3.8, 4) is 5.69 Å². The number of hydrogen-bond donors (Lipinski definition) is 2. The molecule has 1 amide bonds. The predicted octanol–water partition coefficient (Wildman–Crippen LogP) is 4.14. The number of rotatable bonds is 11. The highest BCUT2D eigenvalue weighted by Gasteiger charge is 2.18. The van der Waals surface area contributed by atoms with Gasteiger partial charge in [0.05, 0.1) is 24.2 Å². The van der Waals surface area contributed by atoms with E-state index >= 15 is 0 Å². The first-order valence-electron chi connectivity index (χ1n) is 13.3. The smallest absolute Gasteiger partial charge is 0.359 e. The van der Waals surface area contributed by atoms with Crippen molar-refractivity contribution in [3.63, 3.8) is 0 Å². The van der Waals surface area contributed by atoms with E-state index in [1.807, 2.05) is 47.2 Å². The molecule has 0 spiro atoms. The summed E-state index contributed by atoms with van der Waals surface area (Å²) in [7, 11) is 1.61. The second-order valence-electron chi connectivity index (χ2n) is 9.40. The highest BCUT2D eigenvalue weighted by atomic mass is 16.5. The van der Waals surface area contributed by atoms with Crippen molar-refractivity contribution in [1.82, 2.24) is 30.0 Å². The van der Waals surface area contributed by atoms with Crippen LogP contribution >= 0.6 is 0 Å². The molecule has 2 N–H and O–H groups in total. The van der Waals surface area contributed by atoms with Crippen molar-refractivity contribution < 1.29 is 14.3 Å². The number of nitrogens with zero attached hydrogens (tertiary/aromatic N) is 4. The van der Waals surface area contributed by atoms with E-state index in [1.165, 1.54) is 0 Å². The Morgan fingerprint density at radius 1 is 0.975 bits per heavy atom. The molecule has 2 heterocycles. The van der Waals surface area contributed by atoms with E-state index in [4.69, 9.17) is 4.74 Å². The van der Waals surface area contributed by atoms with Crippen LogP contribution in [0.5, 0.6) is 0 Å². The normalized spacial score (nSPS) is 11.1. The summed E-state index contributed by atoms with van der Waals surface area (Å²) in [5.74, 6) is -0.525. The van der Waals surface area contributed by atoms with Gasteiger partial charge < -0.3 is 15.4 Å². The summed E-state index contributed by atoms with van der Waals surface area (Å²) < 4.78 is 9.04. The minimum atomic E-state index is -0.392. The van der Waals surface area contributed by atoms with Gasteiger partial charge in [0.25, 0.3) is 5.91 Å². The molecule has 0 saturated heterocycles. The number of benzene rings is 3. The lowest BCUT2D eigenvalue weighted by Gasteiger charge is -2.08. The van der Waals surface area contributed by atoms with Gasteiger partial charge in [0, 0.05) is 36.6 Å². The average Bonchev–Trinajstić information content (AvgIpc) is 3.59. The van der Waals surface area contributed by atoms with Gasteiger partial charge in [0.2, 0.25) is 0 Å². The second kappa shape index (κ2) is 12.4. The number of fused-ring (bicyclic) bond motifs is 1. The number of aromatic nitrogens is 4. The first kappa shape index (κ1) is 26.8. The van der Waals surface area contributed by atoms with Gasteiger partial charge >= 0.3 is 5.97 Å². The molecule has 2 aromatic heterocycles. The van der Waals surface area contributed by atoms with Gasteiger partial charge in [0.1, 0.15) is 6.33 Å². The second-order valence-corrected chi connectivity index (χ2v) is 9.40. The van der Waals surface area contributed by atoms with Gasteiger partial charge in [-0.25, -0.2) is 9.78 Å². The summed E-state index contributed by atoms with van der Waals surface area (Å²) in [6.45, 7) is 4.07. The van der Waals surface area contributed by atoms with Gasteiger partial charge in [0.15, 0.2) is 5.69 Å². The zero-order valence-corrected chi connectivity index (χ0v) is 22.6. The van der Waals surface area contributed by atoms with E-state index in [9.17, 15) is 9.59 Å². The molecular formula is C31H32N6O3. The Morgan fingerprint density at radius 3 is 2.52 bits per heavy atom. The van der Waals surface area contributed by atoms with Crippen molar-refractivity contribution in [1.29, 1.82) is 0 Å². The molecule has 0 fully saturated rings. The molecule has 0 radical (unpaired) electrons. The summed E-state index contributed by atoms with van der Waals surface area (Å²) in [4.78, 5) is 28.9. The fourth-order valence-corrected chi connectivity index (χ4v) is 4.60. The first-order valence-corrected chi connectivity index (χ1v) is 13.3. The maximum absolute atomic E-state index is 12.5. The van der Waals surface area contributed by atoms with Crippen molar-refractivity contribution in [2.75, 3.05) is 20.2 Å². The molecule has 9 nitrogen and oxygen atoms in total. The third-order valence-corrected chi connectivity index (χ3v) is 6.64. The van der Waals surface area contributed by atoms with E-state index in [0.717, 1.165) is 33.4 Å². The predicted molar refractivity (Wildman–Crippen MR) is 154 cm³/mol. The van der Waals surface area contributed by atoms with Crippen LogP contribution in [0.2, 0.25) is 0 Å². The van der Waals surface area contributed by atoms with Crippen LogP contribution in [0.4, 0.5) is 0 Å². The third-order valence-electron chi connectivity index (χ3n) is 6.64. The number of imidazole rings is 1. The van der Waals surface area contributed by atoms with Crippen LogP contribution in [0.3, 0.4) is 0 Å². The molecular weight excluding hydrogens is 504 g/mol. The number of carbonyl (C=O) groups is 2. The molecule has 0 aliphatic heterocycles. The van der Waals surface area contributed by atoms with Crippen LogP contribution < -0.4 is 10.6 Å². The van der Waals surface area contributed by atoms with E-state index < -0.39 is 5.97 Å². The molecule has 0 aliphatic rings. The summed E-state index contributed by atoms with van der Waals surface area (Å²) in [6, 6.07) is 23.8. The quantitative estimate of drug-likeness (QED) is 0.194. The molecule has 5 rings (SSSR count). The fourth-order valence-electron chi connectivity index (χ4n) is 4.60. The molecule has 0 unspecified atom stereocenters. The van der Waals surface area contributed by atoms with E-state index in [0.29, 0.717) is 43.9 Å². The van der Waals surface area contributed by atoms with Crippen LogP contribution in [-0.4, -0.2) is 51.4 Å². The maximum Gasteiger partial charge on any atom is 0.359 e. The SMILES string of the molecule is CCOC(=O)c1nn(Cc2ccccc2)cc1CCNCc1ccc(-n2cnc3cc(C(=O)NC)ccc32)cc1. The van der Waals surface area contributed by atoms with Gasteiger partial charge in [-0.3, -0.25) is 14.0 Å². The van der Waals surface area contributed by atoms with Crippen molar-refractivity contribution in [3.05, 3.63) is 113 Å². The highest BCUT2D eigenvalue weighted by Crippen LogP contribution is 2.20. The Bertz CT molecular complexity index is 1610. The molecule has 0 atom stereocenters. The summed E-state index contributed by atoms with van der Waals surface area (Å²) in [5.41, 5.74) is 6.77. The van der Waals surface area contributed by atoms with Crippen molar-refractivity contribution >= 4 is 22.9 Å². The monoisotopic (exact) mass is 536 g/mol. The van der Waals surface area contributed by atoms with Gasteiger partial charge in [-0.1, -0.05) is 42.5 Å². The van der Waals surface area contributed by atoms with Crippen molar-refractivity contribution in [2.24, 2.45) is 0 Å². The largest absolute Gasteiger partial charge is 0.461 e. The Kier molecular flexibility index (Phi) is 8.32. The van der Waals surface area contributed by atoms with Crippen LogP contribution in [0.15, 0.2) is 85.3 Å². The Morgan fingerprint density at radius 2 is 1.77 bits per heavy atom. The molecule has 204 valence electrons. The topological polar surface area (TPSA) is 103 Å². The van der Waals surface area contributed by atoms with E-state index in [-0.39, 0.29) is 5.91 Å². The number of hydrogen-bond acceptors (Lipinski definition) is 6. The molecule has 0 aliphatic carbocycles. The van der Waals surface area contributed by atoms with Gasteiger partial charge in [-0.15, -0.1) is 0 Å². The molecule has 40 heavy (non-hydrogen) atoms. The van der Waals surface area contributed by atoms with Gasteiger partial charge in [-0.2, -0.15) is 5.10 Å². The zero-order chi connectivity index (χ0) is 27.9. The zero-order valence-electron chi connectivity index (χ0n) is 22.6. The third kappa shape index (κ3) is 6.10. The van der Waals surface area contributed by atoms with Crippen LogP contribution in [0.25, 0.3) is 16.7 Å². The minimum absolute atomic E-state index is 0.133. The molecule has 9 heteroatoms. The van der Waals surface area contributed by atoms with Crippen molar-refractivity contribution in [2.45, 2.75) is 26.4 Å². The number of ether oxygens (including phenoxy) is 1. The Labute approximate surface area is 232 Å². The summed E-state index contributed by atoms with van der Waals surface area (Å²) >= 11 is 0. The number of amides is 1. The minimum Gasteiger partial charge on any atom is -0.461 e. The number of nitrogens with one attached hydrogen (secondary N) is 2. The average molecular weight is 537 g/mol. The molecule has 3 aromatic carbocycles. The lowest BCUT2D eigenvalue weighted by molar-refractivity contribution is 0.0517. The number of carbonyl (C=O) groups excluding carboxylic acids is 2. The fraction of sp³-hybridized carbons (Fsp3) is 0.226. The Hall–Kier alpha value is -4.76. The van der Waals surface area contributed by atoms with Crippen LogP contribution in [0, 0.1) is 0 Å². The highest BCUT2D eigenvalue weighted by molar-refractivity contribution is 5.97. The van der Waals surface area contributed by atoms with E-state index in [2.05, 4.69) is 45.0 Å². The number of esters is 1. The lowest BCUT2D eigenvalue weighted by Crippen LogP contribution is -2.18. The van der Waals surface area contributed by atoms with Gasteiger partial charge in [-0.05, 0) is 61.3 Å². The van der Waals surface area contributed by atoms with Crippen LogP contribution in [-0.2, 0) is 24.2 Å². The molecule has 5 aromatic rings. The maximum atomic E-state index is 12.5. The Balaban J connectivity index is 1.20. The molecule has 0 saturated carbocycles. The summed E-state index contributed by atoms with van der Waals surface area (Å²) in [6.07, 6.45) is 4.35. The standard InChI is InChI=1S/C31H32N6O3/c1-3-40-31(39)29-25(20-36(35-29)19-23-7-5-4-6-8-23)15-16-33-18-22-9-12-26(13-10-22)37-21-34-27-17-24(30(38)32-2)11-14-28(27)37/h4-14,17,20-21,33H,3,15-16,18-19H2,1-2H3,(H,32,38). The van der Waals surface area contributed by atoms with Crippen LogP contribution in [0.1, 0.15) is 44.5 Å². The molecule has 0 bridgehead atoms. The summed E-state index contributed by atoms with van der Waals surface area (Å²) in [5, 5.41) is 10.6. The lowest BCUT2D eigenvalue weighted by atomic mass is 10.1.